The second-order valence-electron chi connectivity index (χ2n) is 6.36. The van der Waals surface area contributed by atoms with E-state index in [1.54, 1.807) is 0 Å². The normalized spacial score (nSPS) is 15.6. The standard InChI is InChI=1S/C18H26N6O/c1-2-25-15-9-7-14(8-10-15)20-18-22-16(21-17(19)23-18)13-24-11-5-3-4-6-12-24/h7-10H,2-6,11-13H2,1H3,(H3,19,20,21,22,23)/p+1. The molecule has 1 fully saturated rings. The zero-order valence-electron chi connectivity index (χ0n) is 14.8. The van der Waals surface area contributed by atoms with Gasteiger partial charge in [0.25, 0.3) is 0 Å². The first-order valence-corrected chi connectivity index (χ1v) is 9.07. The van der Waals surface area contributed by atoms with Gasteiger partial charge in [-0.25, -0.2) is 0 Å². The third-order valence-electron chi connectivity index (χ3n) is 4.34. The van der Waals surface area contributed by atoms with Crippen molar-refractivity contribution in [3.63, 3.8) is 0 Å². The van der Waals surface area contributed by atoms with Gasteiger partial charge in [-0.2, -0.15) is 15.0 Å². The van der Waals surface area contributed by atoms with Gasteiger partial charge in [0.2, 0.25) is 11.9 Å². The molecule has 1 aromatic heterocycles. The Hall–Kier alpha value is -2.41. The molecule has 1 aliphatic heterocycles. The molecule has 4 N–H and O–H groups in total. The van der Waals surface area contributed by atoms with Crippen molar-refractivity contribution in [1.29, 1.82) is 0 Å². The van der Waals surface area contributed by atoms with Gasteiger partial charge in [-0.1, -0.05) is 0 Å². The average Bonchev–Trinajstić information content (AvgIpc) is 2.85. The zero-order chi connectivity index (χ0) is 17.5. The van der Waals surface area contributed by atoms with Gasteiger partial charge in [0.15, 0.2) is 5.82 Å². The highest BCUT2D eigenvalue weighted by molar-refractivity contribution is 5.55. The summed E-state index contributed by atoms with van der Waals surface area (Å²) in [4.78, 5) is 14.6. The summed E-state index contributed by atoms with van der Waals surface area (Å²) in [5.74, 6) is 2.33. The van der Waals surface area contributed by atoms with Gasteiger partial charge in [0.1, 0.15) is 12.3 Å². The highest BCUT2D eigenvalue weighted by Crippen LogP contribution is 2.18. The lowest BCUT2D eigenvalue weighted by molar-refractivity contribution is -0.913. The maximum atomic E-state index is 5.88. The van der Waals surface area contributed by atoms with Crippen LogP contribution in [0.3, 0.4) is 0 Å². The van der Waals surface area contributed by atoms with Gasteiger partial charge in [-0.05, 0) is 56.9 Å². The molecule has 0 bridgehead atoms. The zero-order valence-corrected chi connectivity index (χ0v) is 14.8. The summed E-state index contributed by atoms with van der Waals surface area (Å²) in [6.07, 6.45) is 5.20. The predicted molar refractivity (Wildman–Crippen MR) is 98.0 cm³/mol. The van der Waals surface area contributed by atoms with E-state index in [1.165, 1.54) is 43.7 Å². The molecular weight excluding hydrogens is 316 g/mol. The average molecular weight is 343 g/mol. The van der Waals surface area contributed by atoms with E-state index in [2.05, 4.69) is 20.3 Å². The van der Waals surface area contributed by atoms with E-state index in [1.807, 2.05) is 31.2 Å². The van der Waals surface area contributed by atoms with Crippen molar-refractivity contribution < 1.29 is 9.64 Å². The predicted octanol–water partition coefficient (Wildman–Crippen LogP) is 1.55. The second-order valence-corrected chi connectivity index (χ2v) is 6.36. The fourth-order valence-electron chi connectivity index (χ4n) is 3.13. The number of quaternary nitrogens is 1. The monoisotopic (exact) mass is 343 g/mol. The third kappa shape index (κ3) is 5.29. The van der Waals surface area contributed by atoms with Crippen LogP contribution in [-0.4, -0.2) is 34.6 Å². The lowest BCUT2D eigenvalue weighted by atomic mass is 10.2. The number of nitrogens with zero attached hydrogens (tertiary/aromatic N) is 3. The second kappa shape index (κ2) is 8.62. The van der Waals surface area contributed by atoms with Crippen molar-refractivity contribution in [1.82, 2.24) is 15.0 Å². The quantitative estimate of drug-likeness (QED) is 0.737. The first-order chi connectivity index (χ1) is 12.2. The van der Waals surface area contributed by atoms with Crippen LogP contribution in [0.25, 0.3) is 0 Å². The molecule has 1 saturated heterocycles. The first kappa shape index (κ1) is 17.4. The van der Waals surface area contributed by atoms with Crippen LogP contribution in [0, 0.1) is 0 Å². The van der Waals surface area contributed by atoms with Gasteiger partial charge in [0.05, 0.1) is 19.7 Å². The van der Waals surface area contributed by atoms with Crippen molar-refractivity contribution in [2.24, 2.45) is 0 Å². The van der Waals surface area contributed by atoms with Crippen molar-refractivity contribution in [3.05, 3.63) is 30.1 Å². The number of hydrogen-bond acceptors (Lipinski definition) is 6. The minimum atomic E-state index is 0.257. The molecular formula is C18H27N6O+. The number of likely N-dealkylation sites (tertiary alicyclic amines) is 1. The van der Waals surface area contributed by atoms with E-state index in [0.717, 1.165) is 23.8 Å². The fraction of sp³-hybridized carbons (Fsp3) is 0.500. The lowest BCUT2D eigenvalue weighted by Crippen LogP contribution is -3.10. The minimum Gasteiger partial charge on any atom is -0.494 e. The van der Waals surface area contributed by atoms with Crippen molar-refractivity contribution >= 4 is 17.6 Å². The smallest absolute Gasteiger partial charge is 0.232 e. The molecule has 3 rings (SSSR count). The lowest BCUT2D eigenvalue weighted by Gasteiger charge is -2.16. The van der Waals surface area contributed by atoms with Gasteiger partial charge in [-0.3, -0.25) is 0 Å². The van der Waals surface area contributed by atoms with Gasteiger partial charge in [0, 0.05) is 5.69 Å². The van der Waals surface area contributed by atoms with Crippen LogP contribution in [0.1, 0.15) is 38.4 Å². The van der Waals surface area contributed by atoms with Crippen molar-refractivity contribution in [2.75, 3.05) is 30.7 Å². The number of aromatic nitrogens is 3. The van der Waals surface area contributed by atoms with Crippen LogP contribution >= 0.6 is 0 Å². The summed E-state index contributed by atoms with van der Waals surface area (Å²) >= 11 is 0. The van der Waals surface area contributed by atoms with Crippen molar-refractivity contribution in [3.8, 4) is 5.75 Å². The highest BCUT2D eigenvalue weighted by Gasteiger charge is 2.15. The van der Waals surface area contributed by atoms with Crippen LogP contribution in [0.2, 0.25) is 0 Å². The fourth-order valence-corrected chi connectivity index (χ4v) is 3.13. The number of rotatable bonds is 6. The summed E-state index contributed by atoms with van der Waals surface area (Å²) in [6.45, 7) is 5.76. The van der Waals surface area contributed by atoms with Gasteiger partial charge < -0.3 is 20.7 Å². The van der Waals surface area contributed by atoms with Gasteiger partial charge in [-0.15, -0.1) is 0 Å². The Kier molecular flexibility index (Phi) is 6.00. The Morgan fingerprint density at radius 3 is 2.44 bits per heavy atom. The maximum absolute atomic E-state index is 5.88. The molecule has 25 heavy (non-hydrogen) atoms. The molecule has 0 atom stereocenters. The molecule has 2 heterocycles. The molecule has 0 unspecified atom stereocenters. The van der Waals surface area contributed by atoms with E-state index >= 15 is 0 Å². The van der Waals surface area contributed by atoms with E-state index in [4.69, 9.17) is 10.5 Å². The van der Waals surface area contributed by atoms with Gasteiger partial charge >= 0.3 is 0 Å². The van der Waals surface area contributed by atoms with E-state index in [9.17, 15) is 0 Å². The molecule has 0 amide bonds. The van der Waals surface area contributed by atoms with Crippen LogP contribution in [0.15, 0.2) is 24.3 Å². The van der Waals surface area contributed by atoms with Crippen LogP contribution in [0.5, 0.6) is 5.75 Å². The third-order valence-corrected chi connectivity index (χ3v) is 4.34. The SMILES string of the molecule is CCOc1ccc(Nc2nc(N)nc(C[NH+]3CCCCCC3)n2)cc1. The van der Waals surface area contributed by atoms with Crippen LogP contribution < -0.4 is 20.7 Å². The summed E-state index contributed by atoms with van der Waals surface area (Å²) in [5.41, 5.74) is 6.77. The largest absolute Gasteiger partial charge is 0.494 e. The Bertz CT molecular complexity index is 668. The summed E-state index contributed by atoms with van der Waals surface area (Å²) in [5, 5.41) is 3.20. The molecule has 0 saturated carbocycles. The number of nitrogens with one attached hydrogen (secondary N) is 2. The van der Waals surface area contributed by atoms with E-state index in [0.29, 0.717) is 12.6 Å². The number of nitrogens with two attached hydrogens (primary N) is 1. The number of nitrogen functional groups attached to an aromatic ring is 1. The summed E-state index contributed by atoms with van der Waals surface area (Å²) < 4.78 is 5.45. The van der Waals surface area contributed by atoms with E-state index in [-0.39, 0.29) is 5.95 Å². The molecule has 7 nitrogen and oxygen atoms in total. The first-order valence-electron chi connectivity index (χ1n) is 9.07. The Morgan fingerprint density at radius 2 is 1.76 bits per heavy atom. The highest BCUT2D eigenvalue weighted by atomic mass is 16.5. The van der Waals surface area contributed by atoms with E-state index < -0.39 is 0 Å². The molecule has 134 valence electrons. The molecule has 0 aliphatic carbocycles. The Balaban J connectivity index is 1.68. The van der Waals surface area contributed by atoms with Crippen LogP contribution in [-0.2, 0) is 6.54 Å². The Labute approximate surface area is 148 Å². The number of benzene rings is 1. The maximum Gasteiger partial charge on any atom is 0.232 e. The summed E-state index contributed by atoms with van der Waals surface area (Å²) in [6, 6.07) is 7.70. The van der Waals surface area contributed by atoms with Crippen molar-refractivity contribution in [2.45, 2.75) is 39.2 Å². The number of ether oxygens (including phenoxy) is 1. The molecule has 2 aromatic rings. The van der Waals surface area contributed by atoms with Crippen LogP contribution in [0.4, 0.5) is 17.6 Å². The molecule has 7 heteroatoms. The topological polar surface area (TPSA) is 90.4 Å². The number of anilines is 3. The minimum absolute atomic E-state index is 0.257. The molecule has 0 spiro atoms. The Morgan fingerprint density at radius 1 is 1.04 bits per heavy atom. The molecule has 1 aliphatic rings. The number of hydrogen-bond donors (Lipinski definition) is 3. The molecule has 0 radical (unpaired) electrons. The summed E-state index contributed by atoms with van der Waals surface area (Å²) in [7, 11) is 0. The molecule has 1 aromatic carbocycles.